The van der Waals surface area contributed by atoms with Crippen molar-refractivity contribution < 1.29 is 38.0 Å². The Morgan fingerprint density at radius 2 is 0.722 bits per heavy atom. The lowest BCUT2D eigenvalue weighted by Gasteiger charge is -2.36. The topological polar surface area (TPSA) is 110 Å². The van der Waals surface area contributed by atoms with E-state index < -0.39 is 11.2 Å². The molecule has 0 aliphatic carbocycles. The van der Waals surface area contributed by atoms with Gasteiger partial charge < -0.3 is 38.0 Å². The van der Waals surface area contributed by atoms with Crippen LogP contribution in [-0.4, -0.2) is 93.5 Å². The first-order valence-electron chi connectivity index (χ1n) is 26.6. The molecule has 1 N–H and O–H groups in total. The number of nitrogens with zero attached hydrogens (tertiary/aromatic N) is 1. The number of carbonyl (C=O) groups excluding carboxylic acids is 2. The number of carbonyl (C=O) groups is 2. The van der Waals surface area contributed by atoms with Crippen molar-refractivity contribution in [1.82, 2.24) is 9.55 Å². The number of rotatable bonds is 27. The first-order valence-corrected chi connectivity index (χ1v) is 27.8. The summed E-state index contributed by atoms with van der Waals surface area (Å²) in [5, 5.41) is 2.79. The summed E-state index contributed by atoms with van der Waals surface area (Å²) in [4.78, 5) is 24.8. The second-order valence-electron chi connectivity index (χ2n) is 18.2. The minimum Gasteiger partial charge on any atom is -0.378 e. The molecule has 11 heteroatoms. The van der Waals surface area contributed by atoms with Gasteiger partial charge in [0.05, 0.1) is 66.1 Å². The molecule has 404 valence electrons. The molecule has 0 radical (unpaired) electrons. The summed E-state index contributed by atoms with van der Waals surface area (Å²) in [6.07, 6.45) is 5.36. The Bertz CT molecular complexity index is 3110. The Kier molecular flexibility index (Phi) is 22.7. The normalized spacial score (nSPS) is 11.4. The number of halogens is 1. The molecule has 8 aromatic carbocycles. The van der Waals surface area contributed by atoms with E-state index in [1.54, 1.807) is 6.20 Å². The standard InChI is InChI=1S/C34H33NO4.C25H27BrO3.C9H7NO/c36-27-28-26-35(33-19-11-10-18-32(28)33)20-21-37-22-23-38-24-25-39-34(29-12-4-1-5-13-29,30-14-6-2-7-15-30)31-16-8-3-9-17-31;26-16-17-27-18-19-28-20-21-29-25(22-10-4-1-5-11-22,23-12-6-2-7-13-23)24-14-8-3-9-15-24;11-6-7-5-10-9-4-2-1-3-8(7)9/h1-19,26-27H,20-25H2;1-15H,16-21H2;1-6,10H. The van der Waals surface area contributed by atoms with Crippen LogP contribution in [-0.2, 0) is 46.2 Å². The lowest BCUT2D eigenvalue weighted by molar-refractivity contribution is -0.0336. The fourth-order valence-corrected chi connectivity index (χ4v) is 9.88. The average Bonchev–Trinajstić information content (AvgIpc) is 4.24. The molecule has 0 saturated heterocycles. The fraction of sp³-hybridized carbons (Fsp3) is 0.206. The van der Waals surface area contributed by atoms with Gasteiger partial charge in [-0.1, -0.05) is 234 Å². The van der Waals surface area contributed by atoms with Crippen LogP contribution in [0.25, 0.3) is 21.8 Å². The molecule has 0 fully saturated rings. The van der Waals surface area contributed by atoms with Crippen molar-refractivity contribution in [2.45, 2.75) is 17.7 Å². The average molecular weight is 1120 g/mol. The number of hydrogen-bond acceptors (Lipinski definition) is 8. The van der Waals surface area contributed by atoms with Gasteiger partial charge in [0.15, 0.2) is 12.6 Å². The predicted molar refractivity (Wildman–Crippen MR) is 318 cm³/mol. The summed E-state index contributed by atoms with van der Waals surface area (Å²) < 4.78 is 38.3. The second-order valence-corrected chi connectivity index (χ2v) is 19.0. The minimum atomic E-state index is -0.746. The van der Waals surface area contributed by atoms with Gasteiger partial charge in [0.25, 0.3) is 0 Å². The molecule has 0 bridgehead atoms. The fourth-order valence-electron chi connectivity index (χ4n) is 9.65. The van der Waals surface area contributed by atoms with Gasteiger partial charge in [-0.15, -0.1) is 0 Å². The van der Waals surface area contributed by atoms with Gasteiger partial charge in [0.1, 0.15) is 11.2 Å². The molecule has 0 spiro atoms. The van der Waals surface area contributed by atoms with Crippen LogP contribution in [0, 0.1) is 0 Å². The van der Waals surface area contributed by atoms with Crippen molar-refractivity contribution in [2.75, 3.05) is 71.4 Å². The summed E-state index contributed by atoms with van der Waals surface area (Å²) in [7, 11) is 0. The van der Waals surface area contributed by atoms with Crippen LogP contribution in [0.5, 0.6) is 0 Å². The highest BCUT2D eigenvalue weighted by Crippen LogP contribution is 2.42. The third-order valence-electron chi connectivity index (χ3n) is 13.3. The highest BCUT2D eigenvalue weighted by molar-refractivity contribution is 9.09. The van der Waals surface area contributed by atoms with Gasteiger partial charge in [0.2, 0.25) is 0 Å². The Morgan fingerprint density at radius 3 is 1.13 bits per heavy atom. The van der Waals surface area contributed by atoms with Gasteiger partial charge >= 0.3 is 0 Å². The van der Waals surface area contributed by atoms with E-state index in [9.17, 15) is 9.59 Å². The maximum absolute atomic E-state index is 11.4. The Labute approximate surface area is 472 Å². The number of hydrogen-bond donors (Lipinski definition) is 1. The quantitative estimate of drug-likeness (QED) is 0.0235. The molecule has 0 saturated carbocycles. The van der Waals surface area contributed by atoms with Crippen molar-refractivity contribution in [1.29, 1.82) is 0 Å². The molecule has 0 amide bonds. The van der Waals surface area contributed by atoms with Crippen molar-refractivity contribution in [3.63, 3.8) is 0 Å². The molecular formula is C68H67BrN2O8. The van der Waals surface area contributed by atoms with E-state index in [-0.39, 0.29) is 0 Å². The van der Waals surface area contributed by atoms with Crippen molar-refractivity contribution >= 4 is 50.3 Å². The molecule has 2 aromatic heterocycles. The number of aromatic nitrogens is 2. The summed E-state index contributed by atoms with van der Waals surface area (Å²) in [6.45, 7) is 5.86. The number of aldehydes is 2. The Balaban J connectivity index is 0.000000179. The zero-order chi connectivity index (χ0) is 54.6. The maximum Gasteiger partial charge on any atom is 0.152 e. The highest BCUT2D eigenvalue weighted by Gasteiger charge is 2.38. The van der Waals surface area contributed by atoms with Crippen LogP contribution in [0.4, 0.5) is 0 Å². The third kappa shape index (κ3) is 15.2. The van der Waals surface area contributed by atoms with Crippen LogP contribution < -0.4 is 0 Å². The van der Waals surface area contributed by atoms with Gasteiger partial charge in [-0.2, -0.15) is 0 Å². The molecule has 10 nitrogen and oxygen atoms in total. The van der Waals surface area contributed by atoms with Crippen LogP contribution >= 0.6 is 15.9 Å². The van der Waals surface area contributed by atoms with Gasteiger partial charge in [-0.05, 0) is 45.5 Å². The number of H-pyrrole nitrogens is 1. The van der Waals surface area contributed by atoms with Crippen molar-refractivity contribution in [3.05, 3.63) is 287 Å². The first-order chi connectivity index (χ1) is 39.1. The Hall–Kier alpha value is -7.58. The van der Waals surface area contributed by atoms with Crippen molar-refractivity contribution in [2.24, 2.45) is 0 Å². The summed E-state index contributed by atoms with van der Waals surface area (Å²) >= 11 is 3.35. The number of fused-ring (bicyclic) bond motifs is 2. The lowest BCUT2D eigenvalue weighted by Crippen LogP contribution is -2.34. The third-order valence-corrected chi connectivity index (χ3v) is 13.6. The number of ether oxygens (including phenoxy) is 6. The Morgan fingerprint density at radius 1 is 0.380 bits per heavy atom. The number of alkyl halides is 1. The number of benzene rings is 8. The minimum absolute atomic E-state index is 0.419. The van der Waals surface area contributed by atoms with E-state index in [1.165, 1.54) is 0 Å². The maximum atomic E-state index is 11.4. The smallest absolute Gasteiger partial charge is 0.152 e. The number of para-hydroxylation sites is 2. The van der Waals surface area contributed by atoms with E-state index >= 15 is 0 Å². The van der Waals surface area contributed by atoms with Gasteiger partial charge in [-0.25, -0.2) is 0 Å². The highest BCUT2D eigenvalue weighted by atomic mass is 79.9. The molecule has 0 unspecified atom stereocenters. The molecule has 0 atom stereocenters. The van der Waals surface area contributed by atoms with Crippen LogP contribution in [0.3, 0.4) is 0 Å². The van der Waals surface area contributed by atoms with Crippen LogP contribution in [0.15, 0.2) is 243 Å². The molecule has 79 heavy (non-hydrogen) atoms. The number of aromatic amines is 1. The zero-order valence-corrected chi connectivity index (χ0v) is 45.9. The monoisotopic (exact) mass is 1120 g/mol. The summed E-state index contributed by atoms with van der Waals surface area (Å²) in [6, 6.07) is 77.8. The predicted octanol–water partition coefficient (Wildman–Crippen LogP) is 13.9. The largest absolute Gasteiger partial charge is 0.378 e. The zero-order valence-electron chi connectivity index (χ0n) is 44.3. The summed E-state index contributed by atoms with van der Waals surface area (Å²) in [5.74, 6) is 0. The SMILES string of the molecule is BrCCOCCOCCOC(c1ccccc1)(c1ccccc1)c1ccccc1.O=Cc1c[nH]c2ccccc12.O=Cc1cn(CCOCCOCCOC(c2ccccc2)(c2ccccc2)c2ccccc2)c2ccccc12. The molecule has 10 rings (SSSR count). The second kappa shape index (κ2) is 31.1. The molecule has 0 aliphatic rings. The summed E-state index contributed by atoms with van der Waals surface area (Å²) in [5.41, 5.74) is 8.53. The van der Waals surface area contributed by atoms with E-state index in [0.29, 0.717) is 78.2 Å². The van der Waals surface area contributed by atoms with E-state index in [1.807, 2.05) is 128 Å². The van der Waals surface area contributed by atoms with E-state index in [4.69, 9.17) is 28.4 Å². The van der Waals surface area contributed by atoms with Crippen LogP contribution in [0.1, 0.15) is 54.1 Å². The van der Waals surface area contributed by atoms with Crippen LogP contribution in [0.2, 0.25) is 0 Å². The number of nitrogens with one attached hydrogen (secondary N) is 1. The molecule has 0 aliphatic heterocycles. The first kappa shape index (κ1) is 57.6. The van der Waals surface area contributed by atoms with Gasteiger partial charge in [-0.3, -0.25) is 9.59 Å². The van der Waals surface area contributed by atoms with Gasteiger partial charge in [0, 0.05) is 57.2 Å². The lowest BCUT2D eigenvalue weighted by atomic mass is 9.80. The van der Waals surface area contributed by atoms with E-state index in [2.05, 4.69) is 135 Å². The van der Waals surface area contributed by atoms with E-state index in [0.717, 1.165) is 78.7 Å². The molecular weight excluding hydrogens is 1050 g/mol. The molecule has 2 heterocycles. The molecule has 10 aromatic rings. The van der Waals surface area contributed by atoms with Crippen molar-refractivity contribution in [3.8, 4) is 0 Å².